The van der Waals surface area contributed by atoms with Crippen LogP contribution in [0.5, 0.6) is 0 Å². The zero-order valence-corrected chi connectivity index (χ0v) is 12.0. The van der Waals surface area contributed by atoms with Crippen molar-refractivity contribution >= 4 is 0 Å². The Morgan fingerprint density at radius 3 is 1.67 bits per heavy atom. The Hall–Kier alpha value is -0.260. The first-order chi connectivity index (χ1) is 8.93. The molecule has 8 atom stereocenters. The van der Waals surface area contributed by atoms with Crippen LogP contribution < -0.4 is 0 Å². The van der Waals surface area contributed by atoms with E-state index in [4.69, 9.17) is 0 Å². The molecule has 4 fully saturated rings. The summed E-state index contributed by atoms with van der Waals surface area (Å²) in [5, 5.41) is 0. The predicted molar refractivity (Wildman–Crippen MR) is 76.1 cm³/mol. The minimum atomic E-state index is 1.02. The summed E-state index contributed by atoms with van der Waals surface area (Å²) in [5.41, 5.74) is 0. The molecule has 0 saturated heterocycles. The lowest BCUT2D eigenvalue weighted by atomic mass is 9.61. The van der Waals surface area contributed by atoms with Crippen LogP contribution in [0.1, 0.15) is 52.4 Å². The molecule has 5 aliphatic rings. The number of rotatable bonds is 0. The molecule has 0 amide bonds. The van der Waals surface area contributed by atoms with Gasteiger partial charge in [0.05, 0.1) is 0 Å². The Labute approximate surface area is 112 Å². The van der Waals surface area contributed by atoms with Crippen LogP contribution in [0.2, 0.25) is 0 Å². The van der Waals surface area contributed by atoms with Crippen LogP contribution in [-0.4, -0.2) is 0 Å². The monoisotopic (exact) mass is 244 g/mol. The Morgan fingerprint density at radius 2 is 1.17 bits per heavy atom. The van der Waals surface area contributed by atoms with Crippen LogP contribution in [0.4, 0.5) is 0 Å². The maximum Gasteiger partial charge on any atom is -0.0194 e. The van der Waals surface area contributed by atoms with E-state index in [1.165, 1.54) is 23.7 Å². The number of hydrogen-bond acceptors (Lipinski definition) is 0. The minimum absolute atomic E-state index is 1.02. The molecule has 0 spiro atoms. The van der Waals surface area contributed by atoms with E-state index in [-0.39, 0.29) is 0 Å². The van der Waals surface area contributed by atoms with Crippen molar-refractivity contribution in [3.05, 3.63) is 12.2 Å². The summed E-state index contributed by atoms with van der Waals surface area (Å²) in [7, 11) is 0. The van der Waals surface area contributed by atoms with Crippen molar-refractivity contribution in [3.63, 3.8) is 0 Å². The van der Waals surface area contributed by atoms with Crippen LogP contribution in [0.3, 0.4) is 0 Å². The van der Waals surface area contributed by atoms with Crippen molar-refractivity contribution in [1.29, 1.82) is 0 Å². The second-order valence-corrected chi connectivity index (χ2v) is 7.28. The zero-order chi connectivity index (χ0) is 12.3. The topological polar surface area (TPSA) is 0 Å². The fourth-order valence-electron chi connectivity index (χ4n) is 6.90. The van der Waals surface area contributed by atoms with Gasteiger partial charge in [-0.15, -0.1) is 0 Å². The summed E-state index contributed by atoms with van der Waals surface area (Å²) < 4.78 is 0. The van der Waals surface area contributed by atoms with E-state index in [9.17, 15) is 0 Å². The predicted octanol–water partition coefficient (Wildman–Crippen LogP) is 4.91. The molecule has 0 heteroatoms. The lowest BCUT2D eigenvalue weighted by molar-refractivity contribution is 0.0579. The number of fused-ring (bicyclic) bond motifs is 12. The summed E-state index contributed by atoms with van der Waals surface area (Å²) in [6, 6.07) is 0. The molecule has 0 heterocycles. The van der Waals surface area contributed by atoms with Crippen LogP contribution in [-0.2, 0) is 0 Å². The lowest BCUT2D eigenvalue weighted by Gasteiger charge is -2.44. The largest absolute Gasteiger partial charge is 0.0848 e. The maximum absolute atomic E-state index is 2.59. The van der Waals surface area contributed by atoms with Crippen molar-refractivity contribution in [3.8, 4) is 0 Å². The van der Waals surface area contributed by atoms with Gasteiger partial charge in [0.25, 0.3) is 0 Å². The molecule has 4 saturated carbocycles. The van der Waals surface area contributed by atoms with E-state index in [1.54, 1.807) is 38.5 Å². The van der Waals surface area contributed by atoms with E-state index in [2.05, 4.69) is 12.2 Å². The van der Waals surface area contributed by atoms with Gasteiger partial charge in [0, 0.05) is 0 Å². The maximum atomic E-state index is 2.59. The molecule has 5 aliphatic carbocycles. The van der Waals surface area contributed by atoms with Crippen molar-refractivity contribution in [1.82, 2.24) is 0 Å². The molecule has 4 bridgehead atoms. The highest BCUT2D eigenvalue weighted by molar-refractivity contribution is 5.22. The van der Waals surface area contributed by atoms with Crippen LogP contribution >= 0.6 is 0 Å². The minimum Gasteiger partial charge on any atom is -0.0848 e. The standard InChI is InChI=1S/C16H22.C2H6/c1-2-4-12-11(3-1)13-8-14(12)16-10-6-5-9(7-10)15(13)16;1-2/h5-6,9-16H,1-4,7-8H2;1-2H3. The molecular formula is C18H28. The summed E-state index contributed by atoms with van der Waals surface area (Å²) in [6.45, 7) is 4.00. The van der Waals surface area contributed by atoms with E-state index >= 15 is 0 Å². The quantitative estimate of drug-likeness (QED) is 0.419. The summed E-state index contributed by atoms with van der Waals surface area (Å²) in [4.78, 5) is 0. The fourth-order valence-corrected chi connectivity index (χ4v) is 6.90. The second-order valence-electron chi connectivity index (χ2n) is 7.28. The highest BCUT2D eigenvalue weighted by atomic mass is 14.7. The first-order valence-corrected chi connectivity index (χ1v) is 8.62. The summed E-state index contributed by atoms with van der Waals surface area (Å²) in [6.07, 6.45) is 14.6. The summed E-state index contributed by atoms with van der Waals surface area (Å²) in [5.74, 6) is 9.03. The van der Waals surface area contributed by atoms with E-state index in [0.717, 1.165) is 23.7 Å². The Balaban J connectivity index is 0.000000423. The Morgan fingerprint density at radius 1 is 0.667 bits per heavy atom. The van der Waals surface area contributed by atoms with Crippen molar-refractivity contribution in [2.24, 2.45) is 47.3 Å². The molecule has 18 heavy (non-hydrogen) atoms. The Kier molecular flexibility index (Phi) is 2.64. The molecule has 0 aromatic rings. The highest BCUT2D eigenvalue weighted by Gasteiger charge is 2.64. The van der Waals surface area contributed by atoms with Gasteiger partial charge in [0.1, 0.15) is 0 Å². The van der Waals surface area contributed by atoms with Gasteiger partial charge in [0.2, 0.25) is 0 Å². The molecule has 0 nitrogen and oxygen atoms in total. The third kappa shape index (κ3) is 1.28. The smallest absolute Gasteiger partial charge is 0.0194 e. The third-order valence-electron chi connectivity index (χ3n) is 7.09. The average Bonchev–Trinajstić information content (AvgIpc) is 3.19. The van der Waals surface area contributed by atoms with Gasteiger partial charge in [0.15, 0.2) is 0 Å². The third-order valence-corrected chi connectivity index (χ3v) is 7.09. The first kappa shape index (κ1) is 11.6. The van der Waals surface area contributed by atoms with Gasteiger partial charge in [-0.25, -0.2) is 0 Å². The number of hydrogen-bond donors (Lipinski definition) is 0. The molecule has 0 aliphatic heterocycles. The fraction of sp³-hybridized carbons (Fsp3) is 0.889. The highest BCUT2D eigenvalue weighted by Crippen LogP contribution is 2.70. The molecule has 100 valence electrons. The first-order valence-electron chi connectivity index (χ1n) is 8.62. The zero-order valence-electron chi connectivity index (χ0n) is 12.0. The van der Waals surface area contributed by atoms with Crippen LogP contribution in [0.25, 0.3) is 0 Å². The molecule has 0 N–H and O–H groups in total. The summed E-state index contributed by atoms with van der Waals surface area (Å²) >= 11 is 0. The van der Waals surface area contributed by atoms with Gasteiger partial charge in [-0.2, -0.15) is 0 Å². The normalized spacial score (nSPS) is 58.1. The molecule has 0 radical (unpaired) electrons. The van der Waals surface area contributed by atoms with Crippen LogP contribution in [0, 0.1) is 47.3 Å². The molecule has 0 aromatic carbocycles. The van der Waals surface area contributed by atoms with Gasteiger partial charge in [-0.3, -0.25) is 0 Å². The van der Waals surface area contributed by atoms with E-state index in [0.29, 0.717) is 0 Å². The van der Waals surface area contributed by atoms with Crippen molar-refractivity contribution in [2.75, 3.05) is 0 Å². The van der Waals surface area contributed by atoms with E-state index < -0.39 is 0 Å². The lowest BCUT2D eigenvalue weighted by Crippen LogP contribution is -2.38. The molecular weight excluding hydrogens is 216 g/mol. The van der Waals surface area contributed by atoms with Gasteiger partial charge in [-0.1, -0.05) is 38.8 Å². The van der Waals surface area contributed by atoms with E-state index in [1.807, 2.05) is 13.8 Å². The average molecular weight is 244 g/mol. The van der Waals surface area contributed by atoms with Crippen LogP contribution in [0.15, 0.2) is 12.2 Å². The van der Waals surface area contributed by atoms with Gasteiger partial charge >= 0.3 is 0 Å². The van der Waals surface area contributed by atoms with Gasteiger partial charge < -0.3 is 0 Å². The van der Waals surface area contributed by atoms with Crippen molar-refractivity contribution < 1.29 is 0 Å². The molecule has 0 aromatic heterocycles. The second kappa shape index (κ2) is 4.12. The van der Waals surface area contributed by atoms with Gasteiger partial charge in [-0.05, 0) is 73.0 Å². The Bertz CT molecular complexity index is 323. The molecule has 5 rings (SSSR count). The number of allylic oxidation sites excluding steroid dienone is 2. The SMILES string of the molecule is C1=CC2CC1C1C3CC(C4CCCCC43)C21.CC. The van der Waals surface area contributed by atoms with Crippen molar-refractivity contribution in [2.45, 2.75) is 52.4 Å². The molecule has 8 unspecified atom stereocenters.